The number of likely N-dealkylation sites (tertiary alicyclic amines) is 1. The molecular formula is C19H20F3N3O2. The van der Waals surface area contributed by atoms with Gasteiger partial charge in [-0.25, -0.2) is 4.98 Å². The predicted molar refractivity (Wildman–Crippen MR) is 92.0 cm³/mol. The Labute approximate surface area is 155 Å². The lowest BCUT2D eigenvalue weighted by Gasteiger charge is -2.32. The maximum atomic E-state index is 12.7. The maximum Gasteiger partial charge on any atom is 0.433 e. The summed E-state index contributed by atoms with van der Waals surface area (Å²) >= 11 is 0. The summed E-state index contributed by atoms with van der Waals surface area (Å²) in [5.74, 6) is 0.214. The third-order valence-electron chi connectivity index (χ3n) is 4.53. The Morgan fingerprint density at radius 3 is 2.63 bits per heavy atom. The van der Waals surface area contributed by atoms with Gasteiger partial charge in [0.2, 0.25) is 11.8 Å². The number of amides is 1. The van der Waals surface area contributed by atoms with Crippen LogP contribution in [0.3, 0.4) is 0 Å². The number of carbonyl (C=O) groups excluding carboxylic acids is 1. The van der Waals surface area contributed by atoms with Gasteiger partial charge in [0.15, 0.2) is 0 Å². The molecule has 27 heavy (non-hydrogen) atoms. The number of ether oxygens (including phenoxy) is 1. The second-order valence-electron chi connectivity index (χ2n) is 6.53. The van der Waals surface area contributed by atoms with Crippen LogP contribution in [-0.2, 0) is 17.4 Å². The number of halogens is 3. The first-order valence-electron chi connectivity index (χ1n) is 8.75. The Morgan fingerprint density at radius 2 is 1.96 bits per heavy atom. The van der Waals surface area contributed by atoms with Crippen LogP contribution in [0, 0.1) is 5.92 Å². The van der Waals surface area contributed by atoms with E-state index in [9.17, 15) is 18.0 Å². The summed E-state index contributed by atoms with van der Waals surface area (Å²) in [5, 5.41) is 0. The summed E-state index contributed by atoms with van der Waals surface area (Å²) in [4.78, 5) is 21.7. The van der Waals surface area contributed by atoms with Gasteiger partial charge in [0.05, 0.1) is 13.0 Å². The summed E-state index contributed by atoms with van der Waals surface area (Å²) < 4.78 is 43.5. The highest BCUT2D eigenvalue weighted by Crippen LogP contribution is 2.29. The quantitative estimate of drug-likeness (QED) is 0.800. The van der Waals surface area contributed by atoms with Gasteiger partial charge in [0.1, 0.15) is 5.69 Å². The van der Waals surface area contributed by atoms with Gasteiger partial charge in [-0.1, -0.05) is 12.1 Å². The van der Waals surface area contributed by atoms with Crippen molar-refractivity contribution in [3.05, 3.63) is 54.0 Å². The molecule has 1 saturated heterocycles. The molecule has 0 atom stereocenters. The SMILES string of the molecule is O=C(Cc1cccnc1)N1CCC(COc2cccc(C(F)(F)F)n2)CC1. The fraction of sp³-hybridized carbons (Fsp3) is 0.421. The van der Waals surface area contributed by atoms with Crippen LogP contribution in [0.1, 0.15) is 24.1 Å². The minimum Gasteiger partial charge on any atom is -0.477 e. The standard InChI is InChI=1S/C19H20F3N3O2/c20-19(21,22)16-4-1-5-17(24-16)27-13-14-6-9-25(10-7-14)18(26)11-15-3-2-8-23-12-15/h1-5,8,12,14H,6-7,9-11,13H2. The smallest absolute Gasteiger partial charge is 0.433 e. The number of hydrogen-bond donors (Lipinski definition) is 0. The third kappa shape index (κ3) is 5.42. The zero-order chi connectivity index (χ0) is 19.3. The zero-order valence-electron chi connectivity index (χ0n) is 14.7. The molecule has 5 nitrogen and oxygen atoms in total. The van der Waals surface area contributed by atoms with E-state index in [4.69, 9.17) is 4.74 Å². The Balaban J connectivity index is 1.45. The van der Waals surface area contributed by atoms with Crippen molar-refractivity contribution in [2.45, 2.75) is 25.4 Å². The van der Waals surface area contributed by atoms with E-state index >= 15 is 0 Å². The summed E-state index contributed by atoms with van der Waals surface area (Å²) in [7, 11) is 0. The van der Waals surface area contributed by atoms with Crippen molar-refractivity contribution in [3.63, 3.8) is 0 Å². The highest BCUT2D eigenvalue weighted by molar-refractivity contribution is 5.78. The van der Waals surface area contributed by atoms with Crippen molar-refractivity contribution in [2.75, 3.05) is 19.7 Å². The van der Waals surface area contributed by atoms with Crippen LogP contribution in [0.15, 0.2) is 42.7 Å². The van der Waals surface area contributed by atoms with Gasteiger partial charge >= 0.3 is 6.18 Å². The predicted octanol–water partition coefficient (Wildman–Crippen LogP) is 3.36. The molecule has 144 valence electrons. The number of carbonyl (C=O) groups is 1. The third-order valence-corrected chi connectivity index (χ3v) is 4.53. The van der Waals surface area contributed by atoms with Crippen LogP contribution in [0.5, 0.6) is 5.88 Å². The first-order chi connectivity index (χ1) is 12.9. The molecule has 0 aliphatic carbocycles. The normalized spacial score (nSPS) is 15.6. The van der Waals surface area contributed by atoms with Gasteiger partial charge in [-0.2, -0.15) is 13.2 Å². The van der Waals surface area contributed by atoms with Gasteiger partial charge < -0.3 is 9.64 Å². The number of rotatable bonds is 5. The first kappa shape index (κ1) is 19.1. The van der Waals surface area contributed by atoms with Gasteiger partial charge in [-0.15, -0.1) is 0 Å². The van der Waals surface area contributed by atoms with E-state index in [1.54, 1.807) is 18.5 Å². The Hall–Kier alpha value is -2.64. The van der Waals surface area contributed by atoms with Crippen molar-refractivity contribution < 1.29 is 22.7 Å². The highest BCUT2D eigenvalue weighted by atomic mass is 19.4. The van der Waals surface area contributed by atoms with Crippen LogP contribution < -0.4 is 4.74 Å². The summed E-state index contributed by atoms with van der Waals surface area (Å²) in [6.07, 6.45) is 0.678. The van der Waals surface area contributed by atoms with E-state index in [1.165, 1.54) is 12.1 Å². The van der Waals surface area contributed by atoms with Crippen molar-refractivity contribution in [1.29, 1.82) is 0 Å². The molecule has 0 radical (unpaired) electrons. The topological polar surface area (TPSA) is 55.3 Å². The molecule has 0 unspecified atom stereocenters. The van der Waals surface area contributed by atoms with Crippen LogP contribution in [-0.4, -0.2) is 40.5 Å². The zero-order valence-corrected chi connectivity index (χ0v) is 14.7. The molecule has 2 aromatic heterocycles. The molecule has 1 fully saturated rings. The lowest BCUT2D eigenvalue weighted by molar-refractivity contribution is -0.141. The van der Waals surface area contributed by atoms with Crippen molar-refractivity contribution in [2.24, 2.45) is 5.92 Å². The van der Waals surface area contributed by atoms with E-state index < -0.39 is 11.9 Å². The molecule has 3 rings (SSSR count). The van der Waals surface area contributed by atoms with Gasteiger partial charge in [0, 0.05) is 31.5 Å². The second-order valence-corrected chi connectivity index (χ2v) is 6.53. The van der Waals surface area contributed by atoms with Crippen LogP contribution in [0.25, 0.3) is 0 Å². The fourth-order valence-electron chi connectivity index (χ4n) is 2.99. The number of piperidine rings is 1. The molecule has 0 saturated carbocycles. The fourth-order valence-corrected chi connectivity index (χ4v) is 2.99. The summed E-state index contributed by atoms with van der Waals surface area (Å²) in [6, 6.07) is 7.29. The number of aromatic nitrogens is 2. The molecule has 0 N–H and O–H groups in total. The van der Waals surface area contributed by atoms with Gasteiger partial charge in [0.25, 0.3) is 0 Å². The summed E-state index contributed by atoms with van der Waals surface area (Å²) in [5.41, 5.74) is -0.0839. The molecule has 3 heterocycles. The molecule has 0 aromatic carbocycles. The molecule has 1 aliphatic rings. The summed E-state index contributed by atoms with van der Waals surface area (Å²) in [6.45, 7) is 1.52. The second kappa shape index (κ2) is 8.37. The molecular weight excluding hydrogens is 359 g/mol. The van der Waals surface area contributed by atoms with E-state index in [0.717, 1.165) is 24.5 Å². The largest absolute Gasteiger partial charge is 0.477 e. The maximum absolute atomic E-state index is 12.7. The van der Waals surface area contributed by atoms with Gasteiger partial charge in [-0.05, 0) is 36.5 Å². The van der Waals surface area contributed by atoms with E-state index in [1.807, 2.05) is 11.0 Å². The lowest BCUT2D eigenvalue weighted by Crippen LogP contribution is -2.40. The number of nitrogens with zero attached hydrogens (tertiary/aromatic N) is 3. The Bertz CT molecular complexity index is 760. The van der Waals surface area contributed by atoms with Gasteiger partial charge in [-0.3, -0.25) is 9.78 Å². The first-order valence-corrected chi connectivity index (χ1v) is 8.75. The minimum absolute atomic E-state index is 0.0279. The Kier molecular flexibility index (Phi) is 5.93. The average Bonchev–Trinajstić information content (AvgIpc) is 2.67. The highest BCUT2D eigenvalue weighted by Gasteiger charge is 2.32. The van der Waals surface area contributed by atoms with Crippen molar-refractivity contribution in [3.8, 4) is 5.88 Å². The molecule has 1 amide bonds. The molecule has 0 spiro atoms. The number of hydrogen-bond acceptors (Lipinski definition) is 4. The minimum atomic E-state index is -4.49. The Morgan fingerprint density at radius 1 is 1.19 bits per heavy atom. The van der Waals surface area contributed by atoms with Crippen LogP contribution in [0.4, 0.5) is 13.2 Å². The van der Waals surface area contributed by atoms with Crippen LogP contribution in [0.2, 0.25) is 0 Å². The van der Waals surface area contributed by atoms with E-state index in [2.05, 4.69) is 9.97 Å². The van der Waals surface area contributed by atoms with Crippen LogP contribution >= 0.6 is 0 Å². The van der Waals surface area contributed by atoms with E-state index in [0.29, 0.717) is 26.1 Å². The molecule has 1 aliphatic heterocycles. The molecule has 0 bridgehead atoms. The number of pyridine rings is 2. The molecule has 8 heteroatoms. The monoisotopic (exact) mass is 379 g/mol. The van der Waals surface area contributed by atoms with Crippen molar-refractivity contribution >= 4 is 5.91 Å². The van der Waals surface area contributed by atoms with Crippen molar-refractivity contribution in [1.82, 2.24) is 14.9 Å². The average molecular weight is 379 g/mol. The van der Waals surface area contributed by atoms with E-state index in [-0.39, 0.29) is 17.7 Å². The molecule has 2 aromatic rings. The lowest BCUT2D eigenvalue weighted by atomic mass is 9.97. The number of alkyl halides is 3.